The van der Waals surface area contributed by atoms with E-state index in [2.05, 4.69) is 20.7 Å². The molecule has 2 amide bonds. The van der Waals surface area contributed by atoms with Crippen LogP contribution >= 0.6 is 0 Å². The van der Waals surface area contributed by atoms with Gasteiger partial charge in [0.05, 0.1) is 6.04 Å². The molecule has 0 aromatic heterocycles. The highest BCUT2D eigenvalue weighted by Crippen LogP contribution is 2.42. The molecule has 0 spiro atoms. The summed E-state index contributed by atoms with van der Waals surface area (Å²) in [7, 11) is 0. The quantitative estimate of drug-likeness (QED) is 0.329. The van der Waals surface area contributed by atoms with Gasteiger partial charge in [-0.25, -0.2) is 9.69 Å². The Balaban J connectivity index is 1.35. The molecule has 1 fully saturated rings. The molecule has 0 aliphatic carbocycles. The predicted molar refractivity (Wildman–Crippen MR) is 115 cm³/mol. The smallest absolute Gasteiger partial charge is 0.406 e. The fourth-order valence-corrected chi connectivity index (χ4v) is 4.30. The summed E-state index contributed by atoms with van der Waals surface area (Å²) in [5, 5.41) is 49.1. The van der Waals surface area contributed by atoms with Gasteiger partial charge in [-0.3, -0.25) is 5.32 Å². The Morgan fingerprint density at radius 1 is 1.03 bits per heavy atom. The lowest BCUT2D eigenvalue weighted by Gasteiger charge is -2.40. The number of hydrogen-bond acceptors (Lipinski definition) is 8. The number of carbonyl (C=O) groups excluding carboxylic acids is 1. The van der Waals surface area contributed by atoms with Crippen LogP contribution in [0.4, 0.5) is 23.7 Å². The van der Waals surface area contributed by atoms with Gasteiger partial charge in [0.25, 0.3) is 0 Å². The van der Waals surface area contributed by atoms with Crippen molar-refractivity contribution in [3.05, 3.63) is 59.2 Å². The zero-order chi connectivity index (χ0) is 25.3. The van der Waals surface area contributed by atoms with E-state index in [-0.39, 0.29) is 12.2 Å². The number of fused-ring (bicyclic) bond motifs is 1. The fourth-order valence-electron chi connectivity index (χ4n) is 4.30. The number of nitrogens with zero attached hydrogens (tertiary/aromatic N) is 1. The fraction of sp³-hybridized carbons (Fsp3) is 0.409. The summed E-state index contributed by atoms with van der Waals surface area (Å²) in [4.78, 5) is 13.5. The van der Waals surface area contributed by atoms with Crippen LogP contribution in [0, 0.1) is 0 Å². The van der Waals surface area contributed by atoms with Crippen molar-refractivity contribution in [1.29, 1.82) is 0 Å². The lowest BCUT2D eigenvalue weighted by Crippen LogP contribution is -2.57. The largest absolute Gasteiger partial charge is 0.573 e. The summed E-state index contributed by atoms with van der Waals surface area (Å²) in [6.45, 7) is 0.0665. The van der Waals surface area contributed by atoms with Crippen LogP contribution < -0.4 is 20.7 Å². The van der Waals surface area contributed by atoms with E-state index < -0.39 is 49.1 Å². The van der Waals surface area contributed by atoms with Gasteiger partial charge in [0.1, 0.15) is 30.7 Å². The van der Waals surface area contributed by atoms with Gasteiger partial charge < -0.3 is 35.8 Å². The molecule has 2 aromatic rings. The SMILES string of the molecule is O=C(NCc1ccc2c(c1)C(O)N(C1CCC(O)NC1O)C2O)Nc1ccc(OC(F)(F)F)cc1. The molecule has 5 unspecified atom stereocenters. The van der Waals surface area contributed by atoms with Crippen LogP contribution in [-0.2, 0) is 6.54 Å². The minimum absolute atomic E-state index is 0.0665. The van der Waals surface area contributed by atoms with E-state index >= 15 is 0 Å². The van der Waals surface area contributed by atoms with Gasteiger partial charge in [-0.05, 0) is 48.7 Å². The molecule has 2 aliphatic heterocycles. The molecular weight excluding hydrogens is 473 g/mol. The molecule has 2 aliphatic rings. The Labute approximate surface area is 197 Å². The van der Waals surface area contributed by atoms with Crippen LogP contribution in [-0.4, -0.2) is 56.2 Å². The Morgan fingerprint density at radius 2 is 1.71 bits per heavy atom. The third-order valence-electron chi connectivity index (χ3n) is 5.92. The average Bonchev–Trinajstić information content (AvgIpc) is 3.03. The van der Waals surface area contributed by atoms with Crippen LogP contribution in [0.5, 0.6) is 5.75 Å². The van der Waals surface area contributed by atoms with E-state index in [1.165, 1.54) is 17.0 Å². The van der Waals surface area contributed by atoms with Crippen molar-refractivity contribution in [3.8, 4) is 5.75 Å². The van der Waals surface area contributed by atoms with Crippen molar-refractivity contribution in [1.82, 2.24) is 15.5 Å². The van der Waals surface area contributed by atoms with Crippen LogP contribution in [0.3, 0.4) is 0 Å². The molecule has 13 heteroatoms. The minimum Gasteiger partial charge on any atom is -0.406 e. The maximum absolute atomic E-state index is 12.2. The van der Waals surface area contributed by atoms with E-state index in [0.717, 1.165) is 12.1 Å². The molecule has 1 saturated heterocycles. The third kappa shape index (κ3) is 5.83. The first kappa shape index (κ1) is 25.2. The van der Waals surface area contributed by atoms with Crippen molar-refractivity contribution >= 4 is 11.7 Å². The highest BCUT2D eigenvalue weighted by Gasteiger charge is 2.44. The summed E-state index contributed by atoms with van der Waals surface area (Å²) >= 11 is 0. The van der Waals surface area contributed by atoms with Gasteiger partial charge in [0.15, 0.2) is 0 Å². The number of piperidine rings is 1. The number of anilines is 1. The molecule has 10 nitrogen and oxygen atoms in total. The van der Waals surface area contributed by atoms with E-state index in [0.29, 0.717) is 29.5 Å². The number of amides is 2. The standard InChI is InChI=1S/C22H25F3N4O6/c23-22(24,25)35-13-4-2-12(3-5-13)27-21(34)26-10-11-1-6-14-15(9-11)20(33)29(19(14)32)16-7-8-17(30)28-18(16)31/h1-6,9,16-20,28,30-33H,7-8,10H2,(H2,26,27,34). The lowest BCUT2D eigenvalue weighted by molar-refractivity contribution is -0.274. The molecule has 2 aromatic carbocycles. The van der Waals surface area contributed by atoms with Gasteiger partial charge in [-0.1, -0.05) is 12.1 Å². The Hall–Kier alpha value is -2.94. The highest BCUT2D eigenvalue weighted by atomic mass is 19.4. The van der Waals surface area contributed by atoms with Gasteiger partial charge in [0.2, 0.25) is 0 Å². The topological polar surface area (TPSA) is 147 Å². The number of ether oxygens (including phenoxy) is 1. The third-order valence-corrected chi connectivity index (χ3v) is 5.92. The zero-order valence-corrected chi connectivity index (χ0v) is 18.2. The van der Waals surface area contributed by atoms with Crippen molar-refractivity contribution in [2.45, 2.75) is 56.7 Å². The molecule has 4 rings (SSSR count). The van der Waals surface area contributed by atoms with Gasteiger partial charge in [-0.2, -0.15) is 0 Å². The van der Waals surface area contributed by atoms with Crippen molar-refractivity contribution in [2.24, 2.45) is 0 Å². The zero-order valence-electron chi connectivity index (χ0n) is 18.2. The summed E-state index contributed by atoms with van der Waals surface area (Å²) in [5.74, 6) is -0.413. The van der Waals surface area contributed by atoms with Gasteiger partial charge >= 0.3 is 12.4 Å². The monoisotopic (exact) mass is 498 g/mol. The van der Waals surface area contributed by atoms with Crippen LogP contribution in [0.1, 0.15) is 42.0 Å². The number of hydrogen-bond donors (Lipinski definition) is 7. The number of aliphatic hydroxyl groups excluding tert-OH is 4. The Bertz CT molecular complexity index is 1050. The number of urea groups is 1. The second kappa shape index (κ2) is 9.97. The van der Waals surface area contributed by atoms with Crippen molar-refractivity contribution < 1.29 is 43.1 Å². The second-order valence-electron chi connectivity index (χ2n) is 8.31. The number of nitrogens with one attached hydrogen (secondary N) is 3. The number of carbonyl (C=O) groups is 1. The van der Waals surface area contributed by atoms with E-state index in [4.69, 9.17) is 0 Å². The first-order chi connectivity index (χ1) is 16.5. The molecule has 35 heavy (non-hydrogen) atoms. The van der Waals surface area contributed by atoms with Crippen LogP contribution in [0.15, 0.2) is 42.5 Å². The number of aliphatic hydroxyl groups is 4. The van der Waals surface area contributed by atoms with Crippen molar-refractivity contribution in [2.75, 3.05) is 5.32 Å². The summed E-state index contributed by atoms with van der Waals surface area (Å²) in [6.07, 6.45) is -8.48. The van der Waals surface area contributed by atoms with E-state index in [1.807, 2.05) is 0 Å². The number of benzene rings is 2. The predicted octanol–water partition coefficient (Wildman–Crippen LogP) is 1.59. The van der Waals surface area contributed by atoms with Gasteiger partial charge in [0, 0.05) is 23.4 Å². The molecule has 190 valence electrons. The average molecular weight is 498 g/mol. The molecule has 5 atom stereocenters. The van der Waals surface area contributed by atoms with E-state index in [9.17, 15) is 38.4 Å². The lowest BCUT2D eigenvalue weighted by atomic mass is 10.0. The maximum atomic E-state index is 12.2. The van der Waals surface area contributed by atoms with Crippen LogP contribution in [0.25, 0.3) is 0 Å². The minimum atomic E-state index is -4.81. The van der Waals surface area contributed by atoms with Crippen molar-refractivity contribution in [3.63, 3.8) is 0 Å². The highest BCUT2D eigenvalue weighted by molar-refractivity contribution is 5.89. The number of rotatable bonds is 5. The number of halogens is 3. The maximum Gasteiger partial charge on any atom is 0.573 e. The summed E-state index contributed by atoms with van der Waals surface area (Å²) in [6, 6.07) is 8.35. The molecule has 0 bridgehead atoms. The van der Waals surface area contributed by atoms with Gasteiger partial charge in [-0.15, -0.1) is 13.2 Å². The second-order valence-corrected chi connectivity index (χ2v) is 8.31. The Kier molecular flexibility index (Phi) is 7.17. The molecular formula is C22H25F3N4O6. The molecule has 7 N–H and O–H groups in total. The summed E-state index contributed by atoms with van der Waals surface area (Å²) in [5.41, 5.74) is 1.77. The molecule has 2 heterocycles. The Morgan fingerprint density at radius 3 is 2.37 bits per heavy atom. The molecule has 0 radical (unpaired) electrons. The molecule has 0 saturated carbocycles. The first-order valence-corrected chi connectivity index (χ1v) is 10.8. The summed E-state index contributed by atoms with van der Waals surface area (Å²) < 4.78 is 40.5. The van der Waals surface area contributed by atoms with Crippen LogP contribution in [0.2, 0.25) is 0 Å². The number of alkyl halides is 3. The van der Waals surface area contributed by atoms with E-state index in [1.54, 1.807) is 18.2 Å². The normalized spacial score (nSPS) is 26.8. The first-order valence-electron chi connectivity index (χ1n) is 10.8.